The zero-order valence-corrected chi connectivity index (χ0v) is 19.9. The van der Waals surface area contributed by atoms with Gasteiger partial charge in [-0.2, -0.15) is 9.78 Å². The van der Waals surface area contributed by atoms with Crippen LogP contribution in [0.5, 0.6) is 0 Å². The van der Waals surface area contributed by atoms with Gasteiger partial charge in [0.15, 0.2) is 5.82 Å². The minimum atomic E-state index is -0.195. The molecular formula is C31H24N4O. The van der Waals surface area contributed by atoms with Crippen LogP contribution in [0.3, 0.4) is 0 Å². The first-order valence-electron chi connectivity index (χ1n) is 11.9. The molecule has 2 aromatic heterocycles. The quantitative estimate of drug-likeness (QED) is 0.281. The van der Waals surface area contributed by atoms with E-state index in [1.54, 1.807) is 12.3 Å². The molecule has 0 spiro atoms. The number of rotatable bonds is 5. The van der Waals surface area contributed by atoms with E-state index in [1.807, 2.05) is 60.7 Å². The van der Waals surface area contributed by atoms with Gasteiger partial charge in [-0.15, -0.1) is 0 Å². The summed E-state index contributed by atoms with van der Waals surface area (Å²) in [5, 5.41) is 6.31. The molecule has 174 valence electrons. The summed E-state index contributed by atoms with van der Waals surface area (Å²) in [6, 6.07) is 33.9. The molecule has 0 saturated carbocycles. The Morgan fingerprint density at radius 2 is 1.50 bits per heavy atom. The number of benzene rings is 4. The smallest absolute Gasteiger partial charge is 0.282 e. The Morgan fingerprint density at radius 3 is 2.31 bits per heavy atom. The summed E-state index contributed by atoms with van der Waals surface area (Å²) >= 11 is 0. The van der Waals surface area contributed by atoms with Gasteiger partial charge in [-0.05, 0) is 30.7 Å². The van der Waals surface area contributed by atoms with Crippen LogP contribution in [0.2, 0.25) is 0 Å². The van der Waals surface area contributed by atoms with E-state index in [1.165, 1.54) is 15.8 Å². The third kappa shape index (κ3) is 4.01. The summed E-state index contributed by atoms with van der Waals surface area (Å²) < 4.78 is 3.63. The van der Waals surface area contributed by atoms with Gasteiger partial charge in [0.25, 0.3) is 5.56 Å². The second-order valence-corrected chi connectivity index (χ2v) is 8.90. The molecule has 0 atom stereocenters. The van der Waals surface area contributed by atoms with E-state index in [2.05, 4.69) is 59.2 Å². The van der Waals surface area contributed by atoms with E-state index < -0.39 is 0 Å². The first-order chi connectivity index (χ1) is 17.7. The maximum Gasteiger partial charge on any atom is 0.282 e. The van der Waals surface area contributed by atoms with Crippen molar-refractivity contribution in [1.29, 1.82) is 0 Å². The number of nitrogens with zero attached hydrogens (tertiary/aromatic N) is 4. The Kier molecular flexibility index (Phi) is 5.51. The van der Waals surface area contributed by atoms with E-state index in [0.717, 1.165) is 28.6 Å². The highest BCUT2D eigenvalue weighted by atomic mass is 16.1. The van der Waals surface area contributed by atoms with Crippen LogP contribution in [0, 0.1) is 6.92 Å². The van der Waals surface area contributed by atoms with Crippen molar-refractivity contribution in [3.8, 4) is 11.4 Å². The molecule has 4 aromatic carbocycles. The van der Waals surface area contributed by atoms with Crippen LogP contribution in [0.25, 0.3) is 33.2 Å². The van der Waals surface area contributed by atoms with Gasteiger partial charge >= 0.3 is 0 Å². The van der Waals surface area contributed by atoms with Gasteiger partial charge in [0.05, 0.1) is 17.1 Å². The van der Waals surface area contributed by atoms with Crippen molar-refractivity contribution in [1.82, 2.24) is 14.2 Å². The monoisotopic (exact) mass is 468 g/mol. The number of aryl methyl sites for hydroxylation is 1. The Balaban J connectivity index is 1.48. The van der Waals surface area contributed by atoms with Gasteiger partial charge < -0.3 is 4.57 Å². The lowest BCUT2D eigenvalue weighted by Crippen LogP contribution is -2.20. The molecule has 0 amide bonds. The molecule has 5 heteroatoms. The number of hydrogen-bond donors (Lipinski definition) is 0. The van der Waals surface area contributed by atoms with E-state index in [0.29, 0.717) is 16.7 Å². The van der Waals surface area contributed by atoms with E-state index in [9.17, 15) is 4.79 Å². The minimum absolute atomic E-state index is 0.195. The fourth-order valence-corrected chi connectivity index (χ4v) is 4.52. The maximum absolute atomic E-state index is 13.5. The molecular weight excluding hydrogens is 444 g/mol. The first kappa shape index (κ1) is 21.7. The summed E-state index contributed by atoms with van der Waals surface area (Å²) in [5.74, 6) is 0.513. The molecule has 0 aliphatic carbocycles. The topological polar surface area (TPSA) is 52.2 Å². The molecule has 36 heavy (non-hydrogen) atoms. The van der Waals surface area contributed by atoms with Crippen molar-refractivity contribution in [2.75, 3.05) is 0 Å². The summed E-state index contributed by atoms with van der Waals surface area (Å²) in [4.78, 5) is 18.3. The summed E-state index contributed by atoms with van der Waals surface area (Å²) in [6.07, 6.45) is 3.86. The highest BCUT2D eigenvalue weighted by Crippen LogP contribution is 2.23. The standard InChI is InChI=1S/C31H24N4O/c1-22-15-17-23(18-16-22)20-34-21-25(26-11-6-8-14-29(26)34)19-32-35-30(24-9-3-2-4-10-24)33-28-13-7-5-12-27(28)31(35)36/h2-19,21H,20H2,1H3. The molecule has 2 heterocycles. The molecule has 0 N–H and O–H groups in total. The van der Waals surface area contributed by atoms with Crippen LogP contribution in [0.4, 0.5) is 0 Å². The Bertz CT molecular complexity index is 1780. The average molecular weight is 469 g/mol. The normalized spacial score (nSPS) is 11.6. The van der Waals surface area contributed by atoms with Crippen molar-refractivity contribution in [3.63, 3.8) is 0 Å². The third-order valence-corrected chi connectivity index (χ3v) is 6.39. The van der Waals surface area contributed by atoms with Crippen molar-refractivity contribution < 1.29 is 0 Å². The maximum atomic E-state index is 13.5. The second-order valence-electron chi connectivity index (χ2n) is 8.90. The molecule has 0 saturated heterocycles. The largest absolute Gasteiger partial charge is 0.342 e. The van der Waals surface area contributed by atoms with Crippen LogP contribution in [0.1, 0.15) is 16.7 Å². The number of hydrogen-bond acceptors (Lipinski definition) is 3. The Labute approximate surface area is 208 Å². The van der Waals surface area contributed by atoms with Gasteiger partial charge in [-0.25, -0.2) is 4.98 Å². The van der Waals surface area contributed by atoms with E-state index in [4.69, 9.17) is 4.98 Å². The second kappa shape index (κ2) is 9.12. The van der Waals surface area contributed by atoms with Gasteiger partial charge in [0.1, 0.15) is 0 Å². The van der Waals surface area contributed by atoms with Crippen LogP contribution in [0.15, 0.2) is 119 Å². The Morgan fingerprint density at radius 1 is 0.806 bits per heavy atom. The van der Waals surface area contributed by atoms with E-state index in [-0.39, 0.29) is 5.56 Å². The highest BCUT2D eigenvalue weighted by molar-refractivity contribution is 5.99. The van der Waals surface area contributed by atoms with Crippen LogP contribution < -0.4 is 5.56 Å². The van der Waals surface area contributed by atoms with Gasteiger partial charge in [-0.1, -0.05) is 90.5 Å². The van der Waals surface area contributed by atoms with Crippen molar-refractivity contribution in [2.24, 2.45) is 5.10 Å². The zero-order chi connectivity index (χ0) is 24.5. The van der Waals surface area contributed by atoms with Gasteiger partial charge in [-0.3, -0.25) is 4.79 Å². The number of para-hydroxylation sites is 2. The lowest BCUT2D eigenvalue weighted by Gasteiger charge is -2.09. The van der Waals surface area contributed by atoms with Crippen LogP contribution in [-0.2, 0) is 6.54 Å². The van der Waals surface area contributed by atoms with Crippen molar-refractivity contribution in [2.45, 2.75) is 13.5 Å². The predicted molar refractivity (Wildman–Crippen MR) is 147 cm³/mol. The molecule has 0 unspecified atom stereocenters. The van der Waals surface area contributed by atoms with Crippen molar-refractivity contribution in [3.05, 3.63) is 136 Å². The summed E-state index contributed by atoms with van der Waals surface area (Å²) in [7, 11) is 0. The lowest BCUT2D eigenvalue weighted by molar-refractivity contribution is 0.826. The van der Waals surface area contributed by atoms with Crippen molar-refractivity contribution >= 4 is 28.0 Å². The predicted octanol–water partition coefficient (Wildman–Crippen LogP) is 6.26. The average Bonchev–Trinajstić information content (AvgIpc) is 3.27. The molecule has 6 aromatic rings. The molecule has 5 nitrogen and oxygen atoms in total. The lowest BCUT2D eigenvalue weighted by atomic mass is 10.1. The molecule has 0 bridgehead atoms. The fourth-order valence-electron chi connectivity index (χ4n) is 4.52. The van der Waals surface area contributed by atoms with Gasteiger partial charge in [0, 0.05) is 34.8 Å². The fraction of sp³-hybridized carbons (Fsp3) is 0.0645. The zero-order valence-electron chi connectivity index (χ0n) is 19.9. The molecule has 0 aliphatic rings. The van der Waals surface area contributed by atoms with Gasteiger partial charge in [0.2, 0.25) is 0 Å². The molecule has 0 aliphatic heterocycles. The number of fused-ring (bicyclic) bond motifs is 2. The first-order valence-corrected chi connectivity index (χ1v) is 11.9. The molecule has 6 rings (SSSR count). The number of aromatic nitrogens is 3. The van der Waals surface area contributed by atoms with Crippen LogP contribution >= 0.6 is 0 Å². The Hall–Kier alpha value is -4.77. The van der Waals surface area contributed by atoms with E-state index >= 15 is 0 Å². The minimum Gasteiger partial charge on any atom is -0.342 e. The molecule has 0 fully saturated rings. The summed E-state index contributed by atoms with van der Waals surface area (Å²) in [6.45, 7) is 2.85. The van der Waals surface area contributed by atoms with Crippen LogP contribution in [-0.4, -0.2) is 20.4 Å². The molecule has 0 radical (unpaired) electrons. The third-order valence-electron chi connectivity index (χ3n) is 6.39. The summed E-state index contributed by atoms with van der Waals surface area (Å²) in [5.41, 5.74) is 5.82. The SMILES string of the molecule is Cc1ccc(Cn2cc(C=Nn3c(-c4ccccc4)nc4ccccc4c3=O)c3ccccc32)cc1. The highest BCUT2D eigenvalue weighted by Gasteiger charge is 2.13.